The van der Waals surface area contributed by atoms with Crippen LogP contribution in [-0.4, -0.2) is 28.8 Å². The van der Waals surface area contributed by atoms with Crippen molar-refractivity contribution in [3.8, 4) is 0 Å². The lowest BCUT2D eigenvalue weighted by atomic mass is 10.00. The third-order valence-corrected chi connectivity index (χ3v) is 2.68. The van der Waals surface area contributed by atoms with Crippen molar-refractivity contribution in [3.63, 3.8) is 0 Å². The summed E-state index contributed by atoms with van der Waals surface area (Å²) in [7, 11) is 0. The Balaban J connectivity index is 2.11. The van der Waals surface area contributed by atoms with Gasteiger partial charge in [0.1, 0.15) is 0 Å². The fourth-order valence-electron chi connectivity index (χ4n) is 1.90. The van der Waals surface area contributed by atoms with Gasteiger partial charge >= 0.3 is 6.01 Å². The maximum Gasteiger partial charge on any atom is 0.324 e. The summed E-state index contributed by atoms with van der Waals surface area (Å²) in [5.41, 5.74) is 5.88. The fraction of sp³-hybridized carbons (Fsp3) is 0.778. The summed E-state index contributed by atoms with van der Waals surface area (Å²) in [6.45, 7) is 4.87. The second kappa shape index (κ2) is 3.57. The van der Waals surface area contributed by atoms with Gasteiger partial charge in [-0.1, -0.05) is 5.16 Å². The first-order valence-corrected chi connectivity index (χ1v) is 4.99. The summed E-state index contributed by atoms with van der Waals surface area (Å²) in [5.74, 6) is 0.682. The van der Waals surface area contributed by atoms with Gasteiger partial charge in [0.15, 0.2) is 5.82 Å². The number of nitrogens with zero attached hydrogens (tertiary/aromatic N) is 3. The highest BCUT2D eigenvalue weighted by Crippen LogP contribution is 2.22. The Bertz CT molecular complexity index is 312. The van der Waals surface area contributed by atoms with Crippen molar-refractivity contribution in [3.05, 3.63) is 5.82 Å². The molecule has 2 rings (SSSR count). The third-order valence-electron chi connectivity index (χ3n) is 2.68. The molecule has 0 amide bonds. The van der Waals surface area contributed by atoms with E-state index in [2.05, 4.69) is 22.0 Å². The number of rotatable bonds is 1. The SMILES string of the molecule is Cc1noc(N2CCC(N)CC2C)n1. The van der Waals surface area contributed by atoms with E-state index in [0.29, 0.717) is 23.9 Å². The Morgan fingerprint density at radius 1 is 1.57 bits per heavy atom. The monoisotopic (exact) mass is 196 g/mol. The number of aryl methyl sites for hydroxylation is 1. The molecule has 1 aromatic rings. The van der Waals surface area contributed by atoms with Crippen molar-refractivity contribution in [2.75, 3.05) is 11.4 Å². The number of nitrogens with two attached hydrogens (primary N) is 1. The predicted octanol–water partition coefficient (Wildman–Crippen LogP) is 0.694. The summed E-state index contributed by atoms with van der Waals surface area (Å²) in [6, 6.07) is 1.32. The van der Waals surface area contributed by atoms with Gasteiger partial charge in [0, 0.05) is 18.6 Å². The summed E-state index contributed by atoms with van der Waals surface area (Å²) >= 11 is 0. The van der Waals surface area contributed by atoms with Gasteiger partial charge in [0.2, 0.25) is 0 Å². The summed E-state index contributed by atoms with van der Waals surface area (Å²) in [4.78, 5) is 6.35. The zero-order chi connectivity index (χ0) is 10.1. The molecule has 1 saturated heterocycles. The highest BCUT2D eigenvalue weighted by molar-refractivity contribution is 5.28. The van der Waals surface area contributed by atoms with Crippen LogP contribution in [0.2, 0.25) is 0 Å². The minimum absolute atomic E-state index is 0.310. The molecule has 78 valence electrons. The maximum atomic E-state index is 5.88. The first-order valence-electron chi connectivity index (χ1n) is 4.99. The van der Waals surface area contributed by atoms with E-state index in [9.17, 15) is 0 Å². The number of piperidine rings is 1. The Labute approximate surface area is 83.3 Å². The largest absolute Gasteiger partial charge is 0.328 e. The molecule has 2 heterocycles. The van der Waals surface area contributed by atoms with Crippen molar-refractivity contribution in [2.24, 2.45) is 5.73 Å². The molecule has 1 fully saturated rings. The number of hydrogen-bond donors (Lipinski definition) is 1. The van der Waals surface area contributed by atoms with Crippen molar-refractivity contribution in [1.82, 2.24) is 10.1 Å². The van der Waals surface area contributed by atoms with Crippen LogP contribution in [0, 0.1) is 6.92 Å². The van der Waals surface area contributed by atoms with Crippen molar-refractivity contribution in [1.29, 1.82) is 0 Å². The molecular formula is C9H16N4O. The zero-order valence-electron chi connectivity index (χ0n) is 8.60. The van der Waals surface area contributed by atoms with Crippen LogP contribution in [0.4, 0.5) is 6.01 Å². The molecule has 2 atom stereocenters. The van der Waals surface area contributed by atoms with E-state index in [1.807, 2.05) is 6.92 Å². The molecule has 1 aliphatic heterocycles. The second-order valence-electron chi connectivity index (χ2n) is 3.95. The smallest absolute Gasteiger partial charge is 0.324 e. The number of aromatic nitrogens is 2. The average molecular weight is 196 g/mol. The first kappa shape index (κ1) is 9.45. The van der Waals surface area contributed by atoms with Gasteiger partial charge in [-0.25, -0.2) is 0 Å². The van der Waals surface area contributed by atoms with Gasteiger partial charge in [-0.05, 0) is 26.7 Å². The van der Waals surface area contributed by atoms with Crippen LogP contribution < -0.4 is 10.6 Å². The van der Waals surface area contributed by atoms with E-state index >= 15 is 0 Å². The van der Waals surface area contributed by atoms with Crippen LogP contribution in [0.3, 0.4) is 0 Å². The van der Waals surface area contributed by atoms with Gasteiger partial charge < -0.3 is 15.2 Å². The zero-order valence-corrected chi connectivity index (χ0v) is 8.60. The Hall–Kier alpha value is -1.10. The van der Waals surface area contributed by atoms with E-state index < -0.39 is 0 Å². The third kappa shape index (κ3) is 1.72. The molecule has 0 radical (unpaired) electrons. The minimum Gasteiger partial charge on any atom is -0.328 e. The second-order valence-corrected chi connectivity index (χ2v) is 3.95. The van der Waals surface area contributed by atoms with Crippen LogP contribution >= 0.6 is 0 Å². The van der Waals surface area contributed by atoms with Gasteiger partial charge in [-0.3, -0.25) is 0 Å². The van der Waals surface area contributed by atoms with Crippen LogP contribution in [0.25, 0.3) is 0 Å². The lowest BCUT2D eigenvalue weighted by molar-refractivity contribution is 0.362. The normalized spacial score (nSPS) is 28.1. The summed E-state index contributed by atoms with van der Waals surface area (Å²) < 4.78 is 5.13. The van der Waals surface area contributed by atoms with E-state index in [0.717, 1.165) is 19.4 Å². The van der Waals surface area contributed by atoms with Gasteiger partial charge in [-0.2, -0.15) is 4.98 Å². The fourth-order valence-corrected chi connectivity index (χ4v) is 1.90. The molecule has 5 nitrogen and oxygen atoms in total. The molecule has 0 spiro atoms. The topological polar surface area (TPSA) is 68.2 Å². The van der Waals surface area contributed by atoms with Gasteiger partial charge in [-0.15, -0.1) is 0 Å². The Kier molecular flexibility index (Phi) is 2.41. The standard InChI is InChI=1S/C9H16N4O/c1-6-5-8(10)3-4-13(6)9-11-7(2)12-14-9/h6,8H,3-5,10H2,1-2H3. The highest BCUT2D eigenvalue weighted by Gasteiger charge is 2.26. The molecule has 0 saturated carbocycles. The van der Waals surface area contributed by atoms with E-state index in [-0.39, 0.29) is 0 Å². The molecule has 5 heteroatoms. The summed E-state index contributed by atoms with van der Waals surface area (Å²) in [6.07, 6.45) is 1.98. The lowest BCUT2D eigenvalue weighted by Gasteiger charge is -2.34. The van der Waals surface area contributed by atoms with E-state index in [1.165, 1.54) is 0 Å². The molecule has 0 bridgehead atoms. The van der Waals surface area contributed by atoms with Crippen molar-refractivity contribution in [2.45, 2.75) is 38.8 Å². The maximum absolute atomic E-state index is 5.88. The average Bonchev–Trinajstić information content (AvgIpc) is 2.51. The van der Waals surface area contributed by atoms with Crippen LogP contribution in [0.1, 0.15) is 25.6 Å². The first-order chi connectivity index (χ1) is 6.66. The molecule has 1 aliphatic rings. The molecule has 0 aromatic carbocycles. The van der Waals surface area contributed by atoms with Gasteiger partial charge in [0.05, 0.1) is 0 Å². The van der Waals surface area contributed by atoms with E-state index in [4.69, 9.17) is 10.3 Å². The minimum atomic E-state index is 0.310. The molecule has 14 heavy (non-hydrogen) atoms. The molecule has 1 aromatic heterocycles. The van der Waals surface area contributed by atoms with Crippen LogP contribution in [0.15, 0.2) is 4.52 Å². The van der Waals surface area contributed by atoms with Crippen molar-refractivity contribution < 1.29 is 4.52 Å². The molecule has 2 N–H and O–H groups in total. The van der Waals surface area contributed by atoms with E-state index in [1.54, 1.807) is 0 Å². The molecule has 0 aliphatic carbocycles. The van der Waals surface area contributed by atoms with Crippen LogP contribution in [-0.2, 0) is 0 Å². The van der Waals surface area contributed by atoms with Gasteiger partial charge in [0.25, 0.3) is 0 Å². The summed E-state index contributed by atoms with van der Waals surface area (Å²) in [5, 5.41) is 3.79. The molecular weight excluding hydrogens is 180 g/mol. The lowest BCUT2D eigenvalue weighted by Crippen LogP contribution is -2.45. The Morgan fingerprint density at radius 3 is 2.93 bits per heavy atom. The number of hydrogen-bond acceptors (Lipinski definition) is 5. The predicted molar refractivity (Wildman–Crippen MR) is 53.1 cm³/mol. The molecule has 2 unspecified atom stereocenters. The number of anilines is 1. The quantitative estimate of drug-likeness (QED) is 0.715. The Morgan fingerprint density at radius 2 is 2.36 bits per heavy atom. The highest BCUT2D eigenvalue weighted by atomic mass is 16.5. The van der Waals surface area contributed by atoms with Crippen LogP contribution in [0.5, 0.6) is 0 Å². The van der Waals surface area contributed by atoms with Crippen molar-refractivity contribution >= 4 is 6.01 Å².